The normalized spacial score (nSPS) is 21.5. The second-order valence-corrected chi connectivity index (χ2v) is 7.37. The van der Waals surface area contributed by atoms with Crippen LogP contribution in [0, 0.1) is 12.7 Å². The zero-order valence-corrected chi connectivity index (χ0v) is 14.5. The first-order valence-electron chi connectivity index (χ1n) is 7.66. The number of amides is 1. The van der Waals surface area contributed by atoms with Crippen molar-refractivity contribution in [3.8, 4) is 0 Å². The first kappa shape index (κ1) is 16.6. The zero-order chi connectivity index (χ0) is 17.3. The molecule has 0 spiro atoms. The average molecular weight is 343 g/mol. The van der Waals surface area contributed by atoms with Gasteiger partial charge in [0.25, 0.3) is 5.91 Å². The van der Waals surface area contributed by atoms with E-state index in [0.29, 0.717) is 5.17 Å². The summed E-state index contributed by atoms with van der Waals surface area (Å²) >= 11 is 1.40. The molecular formula is C18H18FN3OS. The van der Waals surface area contributed by atoms with E-state index in [4.69, 9.17) is 0 Å². The molecule has 0 radical (unpaired) electrons. The summed E-state index contributed by atoms with van der Waals surface area (Å²) in [6.45, 7) is 5.72. The van der Waals surface area contributed by atoms with Gasteiger partial charge in [-0.25, -0.2) is 4.39 Å². The molecule has 1 unspecified atom stereocenters. The largest absolute Gasteiger partial charge is 0.358 e. The number of nitrogens with one attached hydrogen (secondary N) is 1. The number of thioether (sulfide) groups is 1. The fraction of sp³-hybridized carbons (Fsp3) is 0.278. The van der Waals surface area contributed by atoms with E-state index in [2.05, 4.69) is 15.3 Å². The van der Waals surface area contributed by atoms with Gasteiger partial charge in [-0.3, -0.25) is 9.78 Å². The second kappa shape index (κ2) is 6.36. The summed E-state index contributed by atoms with van der Waals surface area (Å²) in [6.07, 6.45) is 1.70. The first-order chi connectivity index (χ1) is 11.4. The van der Waals surface area contributed by atoms with Crippen molar-refractivity contribution in [2.45, 2.75) is 31.6 Å². The van der Waals surface area contributed by atoms with Crippen LogP contribution in [0.15, 0.2) is 47.6 Å². The quantitative estimate of drug-likeness (QED) is 0.923. The molecule has 1 aromatic carbocycles. The smallest absolute Gasteiger partial charge is 0.268 e. The molecule has 24 heavy (non-hydrogen) atoms. The predicted molar refractivity (Wildman–Crippen MR) is 94.3 cm³/mol. The van der Waals surface area contributed by atoms with E-state index in [1.54, 1.807) is 18.3 Å². The summed E-state index contributed by atoms with van der Waals surface area (Å²) in [4.78, 5) is 20.8. The molecule has 6 heteroatoms. The van der Waals surface area contributed by atoms with Crippen LogP contribution >= 0.6 is 11.8 Å². The molecule has 1 aromatic heterocycles. The Labute approximate surface area is 144 Å². The maximum Gasteiger partial charge on any atom is 0.268 e. The predicted octanol–water partition coefficient (Wildman–Crippen LogP) is 3.72. The molecule has 1 N–H and O–H groups in total. The number of pyridine rings is 1. The molecule has 4 nitrogen and oxygen atoms in total. The number of carbonyl (C=O) groups excluding carboxylic acids is 1. The number of nitrogens with zero attached hydrogens (tertiary/aromatic N) is 2. The molecule has 1 aliphatic rings. The molecule has 124 valence electrons. The molecule has 3 rings (SSSR count). The zero-order valence-electron chi connectivity index (χ0n) is 13.7. The van der Waals surface area contributed by atoms with Gasteiger partial charge in [-0.05, 0) is 56.2 Å². The minimum absolute atomic E-state index is 0.0776. The van der Waals surface area contributed by atoms with Gasteiger partial charge in [-0.1, -0.05) is 23.9 Å². The van der Waals surface area contributed by atoms with Gasteiger partial charge in [0.05, 0.1) is 6.04 Å². The molecule has 2 heterocycles. The molecular weight excluding hydrogens is 325 g/mol. The summed E-state index contributed by atoms with van der Waals surface area (Å²) in [5.41, 5.74) is 2.68. The highest BCUT2D eigenvalue weighted by Crippen LogP contribution is 2.42. The number of halogens is 1. The summed E-state index contributed by atoms with van der Waals surface area (Å²) in [6, 6.07) is 9.97. The topological polar surface area (TPSA) is 54.4 Å². The Hall–Kier alpha value is -2.21. The highest BCUT2D eigenvalue weighted by Gasteiger charge is 2.43. The van der Waals surface area contributed by atoms with Crippen molar-refractivity contribution in [2.24, 2.45) is 4.99 Å². The lowest BCUT2D eigenvalue weighted by atomic mass is 10.00. The number of rotatable bonds is 3. The highest BCUT2D eigenvalue weighted by molar-refractivity contribution is 8.15. The Balaban J connectivity index is 1.76. The van der Waals surface area contributed by atoms with E-state index in [-0.39, 0.29) is 17.8 Å². The maximum absolute atomic E-state index is 13.0. The SMILES string of the molecule is Cc1cc(C2(C)SC(N[C@@H](C)c3ccc(F)cc3)=NC2=O)ccn1. The van der Waals surface area contributed by atoms with Gasteiger partial charge in [0, 0.05) is 11.9 Å². The number of aryl methyl sites for hydroxylation is 1. The van der Waals surface area contributed by atoms with Gasteiger partial charge in [-0.2, -0.15) is 4.99 Å². The summed E-state index contributed by atoms with van der Waals surface area (Å²) in [5, 5.41) is 3.82. The lowest BCUT2D eigenvalue weighted by molar-refractivity contribution is -0.119. The Morgan fingerprint density at radius 2 is 1.96 bits per heavy atom. The summed E-state index contributed by atoms with van der Waals surface area (Å²) in [5.74, 6) is -0.457. The second-order valence-electron chi connectivity index (χ2n) is 5.96. The average Bonchev–Trinajstić information content (AvgIpc) is 2.83. The van der Waals surface area contributed by atoms with Crippen molar-refractivity contribution in [1.82, 2.24) is 10.3 Å². The van der Waals surface area contributed by atoms with Gasteiger partial charge in [0.2, 0.25) is 0 Å². The van der Waals surface area contributed by atoms with Crippen molar-refractivity contribution in [1.29, 1.82) is 0 Å². The molecule has 0 bridgehead atoms. The summed E-state index contributed by atoms with van der Waals surface area (Å²) in [7, 11) is 0. The molecule has 2 atom stereocenters. The minimum atomic E-state index is -0.751. The van der Waals surface area contributed by atoms with Crippen LogP contribution in [0.5, 0.6) is 0 Å². The lowest BCUT2D eigenvalue weighted by Gasteiger charge is -2.22. The van der Waals surface area contributed by atoms with Crippen molar-refractivity contribution in [3.05, 3.63) is 65.2 Å². The van der Waals surface area contributed by atoms with E-state index in [1.165, 1.54) is 23.9 Å². The van der Waals surface area contributed by atoms with Crippen LogP contribution in [-0.2, 0) is 9.54 Å². The third-order valence-electron chi connectivity index (χ3n) is 4.07. The van der Waals surface area contributed by atoms with E-state index in [1.807, 2.05) is 32.9 Å². The number of hydrogen-bond donors (Lipinski definition) is 1. The van der Waals surface area contributed by atoms with E-state index in [0.717, 1.165) is 16.8 Å². The van der Waals surface area contributed by atoms with Crippen molar-refractivity contribution < 1.29 is 9.18 Å². The van der Waals surface area contributed by atoms with Crippen molar-refractivity contribution >= 4 is 22.8 Å². The van der Waals surface area contributed by atoms with E-state index in [9.17, 15) is 9.18 Å². The number of amidine groups is 1. The Morgan fingerprint density at radius 3 is 2.62 bits per heavy atom. The molecule has 0 saturated heterocycles. The minimum Gasteiger partial charge on any atom is -0.358 e. The monoisotopic (exact) mass is 343 g/mol. The number of benzene rings is 1. The Bertz CT molecular complexity index is 806. The summed E-state index contributed by atoms with van der Waals surface area (Å²) < 4.78 is 12.3. The van der Waals surface area contributed by atoms with Gasteiger partial charge in [-0.15, -0.1) is 0 Å². The molecule has 2 aromatic rings. The van der Waals surface area contributed by atoms with Gasteiger partial charge >= 0.3 is 0 Å². The van der Waals surface area contributed by atoms with E-state index >= 15 is 0 Å². The molecule has 1 aliphatic heterocycles. The van der Waals surface area contributed by atoms with Crippen LogP contribution < -0.4 is 5.32 Å². The fourth-order valence-electron chi connectivity index (χ4n) is 2.57. The standard InChI is InChI=1S/C18H18FN3OS/c1-11-10-14(8-9-20-11)18(3)16(23)22-17(24-18)21-12(2)13-4-6-15(19)7-5-13/h4-10,12H,1-3H3,(H,21,22,23)/t12-,18?/m0/s1. The lowest BCUT2D eigenvalue weighted by Crippen LogP contribution is -2.26. The van der Waals surface area contributed by atoms with Crippen LogP contribution in [0.1, 0.15) is 36.7 Å². The number of hydrogen-bond acceptors (Lipinski definition) is 4. The molecule has 1 amide bonds. The van der Waals surface area contributed by atoms with Crippen LogP contribution in [0.3, 0.4) is 0 Å². The maximum atomic E-state index is 13.0. The van der Waals surface area contributed by atoms with Crippen molar-refractivity contribution in [2.75, 3.05) is 0 Å². The Kier molecular flexibility index (Phi) is 4.41. The van der Waals surface area contributed by atoms with Crippen LogP contribution in [-0.4, -0.2) is 16.1 Å². The molecule has 0 aliphatic carbocycles. The van der Waals surface area contributed by atoms with Crippen LogP contribution in [0.2, 0.25) is 0 Å². The number of aliphatic imine (C=N–C) groups is 1. The van der Waals surface area contributed by atoms with Gasteiger partial charge < -0.3 is 5.32 Å². The number of aromatic nitrogens is 1. The van der Waals surface area contributed by atoms with Crippen molar-refractivity contribution in [3.63, 3.8) is 0 Å². The van der Waals surface area contributed by atoms with E-state index < -0.39 is 4.75 Å². The molecule has 0 saturated carbocycles. The Morgan fingerprint density at radius 1 is 1.25 bits per heavy atom. The van der Waals surface area contributed by atoms with Gasteiger partial charge in [0.1, 0.15) is 10.6 Å². The number of carbonyl (C=O) groups is 1. The first-order valence-corrected chi connectivity index (χ1v) is 8.47. The third-order valence-corrected chi connectivity index (χ3v) is 5.29. The fourth-order valence-corrected chi connectivity index (χ4v) is 3.69. The van der Waals surface area contributed by atoms with Crippen LogP contribution in [0.25, 0.3) is 0 Å². The van der Waals surface area contributed by atoms with Gasteiger partial charge in [0.15, 0.2) is 5.17 Å². The highest BCUT2D eigenvalue weighted by atomic mass is 32.2. The van der Waals surface area contributed by atoms with Crippen LogP contribution in [0.4, 0.5) is 4.39 Å². The molecule has 0 fully saturated rings. The third kappa shape index (κ3) is 3.19.